The van der Waals surface area contributed by atoms with Crippen LogP contribution in [-0.4, -0.2) is 25.7 Å². The van der Waals surface area contributed by atoms with Gasteiger partial charge in [-0.2, -0.15) is 0 Å². The Morgan fingerprint density at radius 1 is 1.24 bits per heavy atom. The van der Waals surface area contributed by atoms with Crippen LogP contribution in [0.15, 0.2) is 30.3 Å². The first-order chi connectivity index (χ1) is 8.16. The fraction of sp³-hybridized carbons (Fsp3) is 0.600. The summed E-state index contributed by atoms with van der Waals surface area (Å²) in [4.78, 5) is 1.70. The highest BCUT2D eigenvalue weighted by atomic mass is 15.2. The number of piperidine rings is 1. The van der Waals surface area contributed by atoms with Crippen molar-refractivity contribution in [1.29, 1.82) is 0 Å². The second kappa shape index (κ2) is 5.65. The van der Waals surface area contributed by atoms with E-state index >= 15 is 0 Å². The number of nitrogens with one attached hydrogen (secondary N) is 1. The van der Waals surface area contributed by atoms with Gasteiger partial charge in [0.05, 0.1) is 38.0 Å². The SMILES string of the molecule is C[C@@H]1C[NH+](C)[C@@H](C)C[C@H]1[NH2+]Cc1ccccc1. The Hall–Kier alpha value is -0.860. The fourth-order valence-electron chi connectivity index (χ4n) is 2.93. The van der Waals surface area contributed by atoms with Gasteiger partial charge in [-0.1, -0.05) is 37.3 Å². The number of rotatable bonds is 3. The van der Waals surface area contributed by atoms with Crippen LogP contribution in [0.25, 0.3) is 0 Å². The molecule has 1 aromatic rings. The predicted molar refractivity (Wildman–Crippen MR) is 70.9 cm³/mol. The fourth-order valence-corrected chi connectivity index (χ4v) is 2.93. The summed E-state index contributed by atoms with van der Waals surface area (Å²) in [6.45, 7) is 7.23. The maximum atomic E-state index is 2.54. The molecule has 0 aromatic heterocycles. The van der Waals surface area contributed by atoms with Crippen molar-refractivity contribution in [2.24, 2.45) is 5.92 Å². The third kappa shape index (κ3) is 3.30. The quantitative estimate of drug-likeness (QED) is 0.738. The highest BCUT2D eigenvalue weighted by Crippen LogP contribution is 2.08. The summed E-state index contributed by atoms with van der Waals surface area (Å²) < 4.78 is 0. The zero-order chi connectivity index (χ0) is 12.3. The van der Waals surface area contributed by atoms with E-state index in [1.54, 1.807) is 4.90 Å². The Kier molecular flexibility index (Phi) is 4.19. The number of hydrogen-bond donors (Lipinski definition) is 2. The molecule has 2 nitrogen and oxygen atoms in total. The Bertz CT molecular complexity index is 336. The van der Waals surface area contributed by atoms with Crippen LogP contribution in [0.5, 0.6) is 0 Å². The molecule has 1 saturated heterocycles. The van der Waals surface area contributed by atoms with Crippen molar-refractivity contribution in [3.8, 4) is 0 Å². The van der Waals surface area contributed by atoms with Crippen molar-refractivity contribution in [3.63, 3.8) is 0 Å². The molecule has 0 aliphatic carbocycles. The summed E-state index contributed by atoms with van der Waals surface area (Å²) in [7, 11) is 2.33. The third-order valence-corrected chi connectivity index (χ3v) is 4.34. The van der Waals surface area contributed by atoms with Crippen LogP contribution in [0.4, 0.5) is 0 Å². The Morgan fingerprint density at radius 3 is 2.65 bits per heavy atom. The molecular formula is C15H26N2+2. The van der Waals surface area contributed by atoms with E-state index in [9.17, 15) is 0 Å². The molecule has 1 aliphatic heterocycles. The normalized spacial score (nSPS) is 33.6. The Balaban J connectivity index is 1.87. The highest BCUT2D eigenvalue weighted by Gasteiger charge is 2.34. The molecule has 1 unspecified atom stereocenters. The van der Waals surface area contributed by atoms with Gasteiger partial charge < -0.3 is 10.2 Å². The smallest absolute Gasteiger partial charge is 0.101 e. The van der Waals surface area contributed by atoms with Crippen LogP contribution in [0.1, 0.15) is 25.8 Å². The number of hydrogen-bond acceptors (Lipinski definition) is 0. The average molecular weight is 234 g/mol. The maximum absolute atomic E-state index is 2.54. The largest absolute Gasteiger partial charge is 0.339 e. The molecule has 0 bridgehead atoms. The minimum absolute atomic E-state index is 0.800. The molecule has 2 rings (SSSR count). The van der Waals surface area contributed by atoms with Gasteiger partial charge in [-0.3, -0.25) is 0 Å². The van der Waals surface area contributed by atoms with E-state index in [1.807, 2.05) is 0 Å². The van der Waals surface area contributed by atoms with Gasteiger partial charge in [0, 0.05) is 5.56 Å². The maximum Gasteiger partial charge on any atom is 0.101 e. The van der Waals surface area contributed by atoms with E-state index in [2.05, 4.69) is 56.5 Å². The molecule has 94 valence electrons. The average Bonchev–Trinajstić information content (AvgIpc) is 2.33. The molecule has 3 N–H and O–H groups in total. The summed E-state index contributed by atoms with van der Waals surface area (Å²) >= 11 is 0. The minimum Gasteiger partial charge on any atom is -0.339 e. The van der Waals surface area contributed by atoms with E-state index in [0.717, 1.165) is 24.5 Å². The van der Waals surface area contributed by atoms with E-state index in [1.165, 1.54) is 18.5 Å². The molecule has 0 amide bonds. The van der Waals surface area contributed by atoms with E-state index in [0.29, 0.717) is 0 Å². The second-order valence-electron chi connectivity index (χ2n) is 5.75. The van der Waals surface area contributed by atoms with Crippen LogP contribution in [0, 0.1) is 5.92 Å². The van der Waals surface area contributed by atoms with Crippen LogP contribution < -0.4 is 10.2 Å². The van der Waals surface area contributed by atoms with E-state index < -0.39 is 0 Å². The van der Waals surface area contributed by atoms with Crippen molar-refractivity contribution in [1.82, 2.24) is 0 Å². The van der Waals surface area contributed by atoms with E-state index in [4.69, 9.17) is 0 Å². The molecule has 2 heteroatoms. The highest BCUT2D eigenvalue weighted by molar-refractivity contribution is 5.13. The lowest BCUT2D eigenvalue weighted by Crippen LogP contribution is -3.16. The number of likely N-dealkylation sites (tertiary alicyclic amines) is 1. The van der Waals surface area contributed by atoms with Crippen molar-refractivity contribution < 1.29 is 10.2 Å². The summed E-state index contributed by atoms with van der Waals surface area (Å²) in [6, 6.07) is 12.4. The molecule has 1 fully saturated rings. The zero-order valence-electron chi connectivity index (χ0n) is 11.3. The van der Waals surface area contributed by atoms with Gasteiger partial charge in [0.25, 0.3) is 0 Å². The Morgan fingerprint density at radius 2 is 1.94 bits per heavy atom. The van der Waals surface area contributed by atoms with Crippen molar-refractivity contribution in [2.45, 2.75) is 38.9 Å². The van der Waals surface area contributed by atoms with Gasteiger partial charge in [-0.05, 0) is 6.92 Å². The van der Waals surface area contributed by atoms with Crippen molar-refractivity contribution >= 4 is 0 Å². The first-order valence-electron chi connectivity index (χ1n) is 6.86. The molecule has 4 atom stereocenters. The zero-order valence-corrected chi connectivity index (χ0v) is 11.3. The van der Waals surface area contributed by atoms with Crippen molar-refractivity contribution in [2.75, 3.05) is 13.6 Å². The lowest BCUT2D eigenvalue weighted by atomic mass is 9.90. The topological polar surface area (TPSA) is 21.1 Å². The van der Waals surface area contributed by atoms with Crippen LogP contribution in [0.2, 0.25) is 0 Å². The number of nitrogens with two attached hydrogens (primary N) is 1. The molecule has 17 heavy (non-hydrogen) atoms. The summed E-state index contributed by atoms with van der Waals surface area (Å²) in [5.41, 5.74) is 1.44. The number of quaternary nitrogens is 2. The molecule has 0 radical (unpaired) electrons. The summed E-state index contributed by atoms with van der Waals surface area (Å²) in [5.74, 6) is 0.829. The summed E-state index contributed by atoms with van der Waals surface area (Å²) in [6.07, 6.45) is 1.35. The van der Waals surface area contributed by atoms with Crippen LogP contribution in [0.3, 0.4) is 0 Å². The predicted octanol–water partition coefficient (Wildman–Crippen LogP) is 0.0616. The lowest BCUT2D eigenvalue weighted by molar-refractivity contribution is -0.923. The van der Waals surface area contributed by atoms with Gasteiger partial charge in [0.2, 0.25) is 0 Å². The van der Waals surface area contributed by atoms with E-state index in [-0.39, 0.29) is 0 Å². The molecule has 1 aliphatic rings. The molecule has 1 aromatic carbocycles. The molecule has 0 spiro atoms. The second-order valence-corrected chi connectivity index (χ2v) is 5.75. The first kappa shape index (κ1) is 12.6. The van der Waals surface area contributed by atoms with Gasteiger partial charge in [0.15, 0.2) is 0 Å². The minimum atomic E-state index is 0.800. The third-order valence-electron chi connectivity index (χ3n) is 4.34. The lowest BCUT2D eigenvalue weighted by Gasteiger charge is -2.35. The first-order valence-corrected chi connectivity index (χ1v) is 6.86. The molecule has 1 heterocycles. The summed E-state index contributed by atoms with van der Waals surface area (Å²) in [5, 5.41) is 2.54. The number of benzene rings is 1. The molecule has 0 saturated carbocycles. The van der Waals surface area contributed by atoms with Gasteiger partial charge in [0.1, 0.15) is 6.54 Å². The van der Waals surface area contributed by atoms with Gasteiger partial charge in [-0.15, -0.1) is 0 Å². The molecular weight excluding hydrogens is 208 g/mol. The van der Waals surface area contributed by atoms with Gasteiger partial charge in [-0.25, -0.2) is 0 Å². The van der Waals surface area contributed by atoms with Crippen molar-refractivity contribution in [3.05, 3.63) is 35.9 Å². The van der Waals surface area contributed by atoms with Crippen LogP contribution in [-0.2, 0) is 6.54 Å². The standard InChI is InChI=1S/C15H24N2/c1-12-11-17(3)13(2)9-15(12)16-10-14-7-5-4-6-8-14/h4-8,12-13,15-16H,9-11H2,1-3H3/p+2/t12-,13+,15-/m1/s1. The van der Waals surface area contributed by atoms with Crippen LogP contribution >= 0.6 is 0 Å². The monoisotopic (exact) mass is 234 g/mol. The Labute approximate surface area is 105 Å². The van der Waals surface area contributed by atoms with Gasteiger partial charge >= 0.3 is 0 Å².